The summed E-state index contributed by atoms with van der Waals surface area (Å²) in [5.41, 5.74) is 0. The molecular formula is C15H22N2O3. The summed E-state index contributed by atoms with van der Waals surface area (Å²) < 4.78 is 0. The van der Waals surface area contributed by atoms with Crippen molar-refractivity contribution in [3.63, 3.8) is 0 Å². The summed E-state index contributed by atoms with van der Waals surface area (Å²) in [6.07, 6.45) is 4.82. The molecule has 5 nitrogen and oxygen atoms in total. The third kappa shape index (κ3) is 2.23. The maximum Gasteiger partial charge on any atom is 0.228 e. The summed E-state index contributed by atoms with van der Waals surface area (Å²) in [7, 11) is 1.75. The van der Waals surface area contributed by atoms with Crippen molar-refractivity contribution in [2.24, 2.45) is 11.8 Å². The second-order valence-electron chi connectivity index (χ2n) is 6.38. The van der Waals surface area contributed by atoms with Crippen molar-refractivity contribution in [3.05, 3.63) is 0 Å². The van der Waals surface area contributed by atoms with Gasteiger partial charge >= 0.3 is 0 Å². The second-order valence-corrected chi connectivity index (χ2v) is 6.38. The highest BCUT2D eigenvalue weighted by Crippen LogP contribution is 2.34. The Balaban J connectivity index is 1.70. The van der Waals surface area contributed by atoms with Crippen LogP contribution in [0, 0.1) is 11.8 Å². The minimum absolute atomic E-state index is 0.0519. The Kier molecular flexibility index (Phi) is 3.52. The van der Waals surface area contributed by atoms with E-state index in [1.807, 2.05) is 4.90 Å². The molecule has 2 saturated heterocycles. The molecule has 3 atom stereocenters. The van der Waals surface area contributed by atoms with Gasteiger partial charge in [0.25, 0.3) is 0 Å². The van der Waals surface area contributed by atoms with Crippen molar-refractivity contribution in [2.45, 2.75) is 44.6 Å². The summed E-state index contributed by atoms with van der Waals surface area (Å²) in [4.78, 5) is 39.7. The molecule has 1 saturated carbocycles. The molecule has 2 amide bonds. The standard InChI is InChI=1S/C15H22N2O3/c1-16-9-10(8-14(16)19)15(20)17-7-3-5-12(17)11-4-2-6-13(11)18/h10-12H,2-9H2,1H3/t10-,11+,12-/m1/s1. The first kappa shape index (κ1) is 13.6. The van der Waals surface area contributed by atoms with Gasteiger partial charge in [0, 0.05) is 44.9 Å². The van der Waals surface area contributed by atoms with Crippen molar-refractivity contribution in [2.75, 3.05) is 20.1 Å². The smallest absolute Gasteiger partial charge is 0.228 e. The fourth-order valence-electron chi connectivity index (χ4n) is 4.00. The molecular weight excluding hydrogens is 256 g/mol. The zero-order valence-corrected chi connectivity index (χ0v) is 12.0. The van der Waals surface area contributed by atoms with Crippen LogP contribution in [0.15, 0.2) is 0 Å². The number of likely N-dealkylation sites (tertiary alicyclic amines) is 2. The average Bonchev–Trinajstić information content (AvgIpc) is 3.10. The molecule has 110 valence electrons. The molecule has 0 aromatic carbocycles. The summed E-state index contributed by atoms with van der Waals surface area (Å²) in [6, 6.07) is 0.0958. The van der Waals surface area contributed by atoms with Gasteiger partial charge in [0.05, 0.1) is 5.92 Å². The van der Waals surface area contributed by atoms with Crippen LogP contribution >= 0.6 is 0 Å². The van der Waals surface area contributed by atoms with Crippen molar-refractivity contribution >= 4 is 17.6 Å². The molecule has 1 aliphatic carbocycles. The van der Waals surface area contributed by atoms with Crippen LogP contribution in [0.1, 0.15) is 38.5 Å². The highest BCUT2D eigenvalue weighted by Gasteiger charge is 2.43. The summed E-state index contributed by atoms with van der Waals surface area (Å²) >= 11 is 0. The zero-order chi connectivity index (χ0) is 14.3. The quantitative estimate of drug-likeness (QED) is 0.751. The third-order valence-corrected chi connectivity index (χ3v) is 5.09. The lowest BCUT2D eigenvalue weighted by Gasteiger charge is -2.30. The Morgan fingerprint density at radius 1 is 1.20 bits per heavy atom. The average molecular weight is 278 g/mol. The SMILES string of the molecule is CN1C[C@H](C(=O)N2CCC[C@@H]2[C@@H]2CCCC2=O)CC1=O. The Hall–Kier alpha value is -1.39. The van der Waals surface area contributed by atoms with Crippen LogP contribution in [0.25, 0.3) is 0 Å². The van der Waals surface area contributed by atoms with Crippen molar-refractivity contribution in [1.82, 2.24) is 9.80 Å². The van der Waals surface area contributed by atoms with E-state index in [-0.39, 0.29) is 29.7 Å². The molecule has 5 heteroatoms. The van der Waals surface area contributed by atoms with Gasteiger partial charge in [-0.2, -0.15) is 0 Å². The number of rotatable bonds is 2. The Labute approximate surface area is 119 Å². The van der Waals surface area contributed by atoms with E-state index in [4.69, 9.17) is 0 Å². The van der Waals surface area contributed by atoms with Gasteiger partial charge in [-0.05, 0) is 25.7 Å². The number of hydrogen-bond donors (Lipinski definition) is 0. The Morgan fingerprint density at radius 3 is 2.60 bits per heavy atom. The molecule has 2 heterocycles. The van der Waals surface area contributed by atoms with Crippen LogP contribution in [-0.2, 0) is 14.4 Å². The number of carbonyl (C=O) groups is 3. The lowest BCUT2D eigenvalue weighted by molar-refractivity contribution is -0.138. The first-order valence-corrected chi connectivity index (χ1v) is 7.65. The predicted octanol–water partition coefficient (Wildman–Crippen LogP) is 0.825. The van der Waals surface area contributed by atoms with Crippen molar-refractivity contribution in [3.8, 4) is 0 Å². The van der Waals surface area contributed by atoms with Gasteiger partial charge in [0.1, 0.15) is 5.78 Å². The van der Waals surface area contributed by atoms with E-state index < -0.39 is 0 Å². The van der Waals surface area contributed by atoms with Crippen LogP contribution in [0.4, 0.5) is 0 Å². The zero-order valence-electron chi connectivity index (χ0n) is 12.0. The molecule has 0 radical (unpaired) electrons. The number of ketones is 1. The Morgan fingerprint density at radius 2 is 2.00 bits per heavy atom. The lowest BCUT2D eigenvalue weighted by Crippen LogP contribution is -2.44. The number of Topliss-reactive ketones (excluding diaryl/α,β-unsaturated/α-hetero) is 1. The molecule has 20 heavy (non-hydrogen) atoms. The van der Waals surface area contributed by atoms with E-state index in [2.05, 4.69) is 0 Å². The van der Waals surface area contributed by atoms with Gasteiger partial charge in [-0.15, -0.1) is 0 Å². The van der Waals surface area contributed by atoms with Crippen molar-refractivity contribution in [1.29, 1.82) is 0 Å². The normalized spacial score (nSPS) is 34.4. The molecule has 0 aromatic rings. The fourth-order valence-corrected chi connectivity index (χ4v) is 4.00. The van der Waals surface area contributed by atoms with E-state index in [9.17, 15) is 14.4 Å². The van der Waals surface area contributed by atoms with Gasteiger partial charge in [-0.3, -0.25) is 14.4 Å². The van der Waals surface area contributed by atoms with Gasteiger partial charge in [-0.1, -0.05) is 0 Å². The molecule has 0 bridgehead atoms. The summed E-state index contributed by atoms with van der Waals surface area (Å²) in [5.74, 6) is 0.316. The fraction of sp³-hybridized carbons (Fsp3) is 0.800. The van der Waals surface area contributed by atoms with Crippen LogP contribution in [0.2, 0.25) is 0 Å². The largest absolute Gasteiger partial charge is 0.345 e. The third-order valence-electron chi connectivity index (χ3n) is 5.09. The Bertz CT molecular complexity index is 448. The molecule has 3 rings (SSSR count). The number of carbonyl (C=O) groups excluding carboxylic acids is 3. The number of nitrogens with zero attached hydrogens (tertiary/aromatic N) is 2. The van der Waals surface area contributed by atoms with Crippen LogP contribution < -0.4 is 0 Å². The van der Waals surface area contributed by atoms with Gasteiger partial charge in [-0.25, -0.2) is 0 Å². The maximum absolute atomic E-state index is 12.6. The maximum atomic E-state index is 12.6. The van der Waals surface area contributed by atoms with Crippen LogP contribution in [0.5, 0.6) is 0 Å². The summed E-state index contributed by atoms with van der Waals surface area (Å²) in [5, 5.41) is 0. The molecule has 0 aromatic heterocycles. The lowest BCUT2D eigenvalue weighted by atomic mass is 9.94. The molecule has 0 N–H and O–H groups in total. The second kappa shape index (κ2) is 5.19. The highest BCUT2D eigenvalue weighted by atomic mass is 16.2. The molecule has 0 unspecified atom stereocenters. The van der Waals surface area contributed by atoms with E-state index in [1.54, 1.807) is 11.9 Å². The first-order chi connectivity index (χ1) is 9.58. The molecule has 3 fully saturated rings. The monoisotopic (exact) mass is 278 g/mol. The van der Waals surface area contributed by atoms with Gasteiger partial charge in [0.2, 0.25) is 11.8 Å². The predicted molar refractivity (Wildman–Crippen MR) is 72.8 cm³/mol. The first-order valence-electron chi connectivity index (χ1n) is 7.65. The topological polar surface area (TPSA) is 57.7 Å². The number of amides is 2. The number of hydrogen-bond acceptors (Lipinski definition) is 3. The minimum atomic E-state index is -0.204. The van der Waals surface area contributed by atoms with Crippen LogP contribution in [0.3, 0.4) is 0 Å². The molecule has 3 aliphatic rings. The van der Waals surface area contributed by atoms with E-state index in [1.165, 1.54) is 0 Å². The molecule has 2 aliphatic heterocycles. The van der Waals surface area contributed by atoms with Gasteiger partial charge in [0.15, 0.2) is 0 Å². The molecule has 0 spiro atoms. The van der Waals surface area contributed by atoms with Gasteiger partial charge < -0.3 is 9.80 Å². The summed E-state index contributed by atoms with van der Waals surface area (Å²) in [6.45, 7) is 1.28. The van der Waals surface area contributed by atoms with E-state index in [0.717, 1.165) is 32.2 Å². The van der Waals surface area contributed by atoms with E-state index in [0.29, 0.717) is 25.2 Å². The highest BCUT2D eigenvalue weighted by molar-refractivity contribution is 5.90. The minimum Gasteiger partial charge on any atom is -0.345 e. The van der Waals surface area contributed by atoms with Crippen LogP contribution in [-0.4, -0.2) is 53.6 Å². The van der Waals surface area contributed by atoms with E-state index >= 15 is 0 Å². The van der Waals surface area contributed by atoms with Crippen molar-refractivity contribution < 1.29 is 14.4 Å².